The highest BCUT2D eigenvalue weighted by molar-refractivity contribution is 5.67. The molecule has 1 aromatic carbocycles. The van der Waals surface area contributed by atoms with Gasteiger partial charge in [-0.1, -0.05) is 19.4 Å². The van der Waals surface area contributed by atoms with Crippen molar-refractivity contribution >= 4 is 6.09 Å². The van der Waals surface area contributed by atoms with E-state index in [-0.39, 0.29) is 19.0 Å². The number of hydrogen-bond donors (Lipinski definition) is 1. The zero-order valence-electron chi connectivity index (χ0n) is 12.3. The average Bonchev–Trinajstić information content (AvgIpc) is 2.92. The molecule has 5 nitrogen and oxygen atoms in total. The monoisotopic (exact) mass is 291 g/mol. The topological polar surface area (TPSA) is 56.8 Å². The first-order valence-electron chi connectivity index (χ1n) is 7.54. The summed E-state index contributed by atoms with van der Waals surface area (Å²) in [5, 5.41) is 2.79. The number of nitrogens with one attached hydrogen (secondary N) is 1. The Hall–Kier alpha value is -1.91. The molecule has 2 aliphatic rings. The van der Waals surface area contributed by atoms with E-state index in [2.05, 4.69) is 12.2 Å². The molecule has 3 rings (SSSR count). The number of carbonyl (C=O) groups excluding carboxylic acids is 1. The third-order valence-corrected chi connectivity index (χ3v) is 4.04. The summed E-state index contributed by atoms with van der Waals surface area (Å²) in [5.74, 6) is 2.12. The largest absolute Gasteiger partial charge is 0.454 e. The first kappa shape index (κ1) is 14.0. The highest BCUT2D eigenvalue weighted by atomic mass is 16.7. The highest BCUT2D eigenvalue weighted by Crippen LogP contribution is 2.32. The molecular weight excluding hydrogens is 270 g/mol. The quantitative estimate of drug-likeness (QED) is 0.929. The number of fused-ring (bicyclic) bond motifs is 1. The number of amides is 1. The molecule has 1 N–H and O–H groups in total. The van der Waals surface area contributed by atoms with E-state index in [1.807, 2.05) is 18.2 Å². The number of ether oxygens (including phenoxy) is 3. The van der Waals surface area contributed by atoms with Crippen LogP contribution < -0.4 is 14.8 Å². The summed E-state index contributed by atoms with van der Waals surface area (Å²) >= 11 is 0. The van der Waals surface area contributed by atoms with Crippen LogP contribution in [0.3, 0.4) is 0 Å². The van der Waals surface area contributed by atoms with Crippen molar-refractivity contribution in [2.75, 3.05) is 6.79 Å². The van der Waals surface area contributed by atoms with Crippen LogP contribution in [0.2, 0.25) is 0 Å². The minimum atomic E-state index is -0.341. The van der Waals surface area contributed by atoms with Crippen LogP contribution in [0.4, 0.5) is 4.79 Å². The van der Waals surface area contributed by atoms with E-state index >= 15 is 0 Å². The number of alkyl carbamates (subject to hydrolysis) is 1. The van der Waals surface area contributed by atoms with Gasteiger partial charge in [-0.05, 0) is 42.9 Å². The molecule has 21 heavy (non-hydrogen) atoms. The number of rotatable bonds is 3. The van der Waals surface area contributed by atoms with Crippen molar-refractivity contribution in [1.82, 2.24) is 5.32 Å². The van der Waals surface area contributed by atoms with E-state index in [1.165, 1.54) is 6.42 Å². The zero-order chi connectivity index (χ0) is 14.7. The molecule has 0 radical (unpaired) electrons. The van der Waals surface area contributed by atoms with E-state index in [4.69, 9.17) is 14.2 Å². The van der Waals surface area contributed by atoms with Gasteiger partial charge in [0.15, 0.2) is 11.5 Å². The van der Waals surface area contributed by atoms with Crippen molar-refractivity contribution < 1.29 is 19.0 Å². The average molecular weight is 291 g/mol. The van der Waals surface area contributed by atoms with Gasteiger partial charge in [-0.3, -0.25) is 0 Å². The SMILES string of the molecule is CC1CCCC(OC(=O)NCc2ccc3c(c2)OCO3)C1. The molecule has 1 aliphatic carbocycles. The van der Waals surface area contributed by atoms with Crippen LogP contribution in [0, 0.1) is 5.92 Å². The van der Waals surface area contributed by atoms with Crippen molar-refractivity contribution in [1.29, 1.82) is 0 Å². The lowest BCUT2D eigenvalue weighted by molar-refractivity contribution is 0.0621. The van der Waals surface area contributed by atoms with Crippen LogP contribution >= 0.6 is 0 Å². The van der Waals surface area contributed by atoms with E-state index in [0.717, 1.165) is 36.3 Å². The molecule has 1 heterocycles. The predicted molar refractivity (Wildman–Crippen MR) is 77.3 cm³/mol. The molecule has 0 spiro atoms. The number of hydrogen-bond acceptors (Lipinski definition) is 4. The maximum Gasteiger partial charge on any atom is 0.407 e. The molecule has 2 atom stereocenters. The molecule has 1 fully saturated rings. The fourth-order valence-corrected chi connectivity index (χ4v) is 2.90. The second kappa shape index (κ2) is 6.24. The number of benzene rings is 1. The maximum absolute atomic E-state index is 11.8. The van der Waals surface area contributed by atoms with E-state index in [9.17, 15) is 4.79 Å². The van der Waals surface area contributed by atoms with Gasteiger partial charge >= 0.3 is 6.09 Å². The molecule has 1 aromatic rings. The third kappa shape index (κ3) is 3.60. The van der Waals surface area contributed by atoms with Crippen molar-refractivity contribution in [3.05, 3.63) is 23.8 Å². The lowest BCUT2D eigenvalue weighted by Crippen LogP contribution is -2.31. The molecular formula is C16H21NO4. The van der Waals surface area contributed by atoms with E-state index in [1.54, 1.807) is 0 Å². The van der Waals surface area contributed by atoms with Crippen LogP contribution in [-0.4, -0.2) is 19.0 Å². The minimum absolute atomic E-state index is 0.0607. The Morgan fingerprint density at radius 1 is 1.33 bits per heavy atom. The summed E-state index contributed by atoms with van der Waals surface area (Å²) in [4.78, 5) is 11.8. The van der Waals surface area contributed by atoms with Crippen LogP contribution in [0.1, 0.15) is 38.2 Å². The molecule has 5 heteroatoms. The van der Waals surface area contributed by atoms with Gasteiger partial charge in [0.05, 0.1) is 0 Å². The van der Waals surface area contributed by atoms with Crippen LogP contribution in [0.5, 0.6) is 11.5 Å². The first-order valence-corrected chi connectivity index (χ1v) is 7.54. The summed E-state index contributed by atoms with van der Waals surface area (Å²) in [5.41, 5.74) is 0.966. The van der Waals surface area contributed by atoms with Gasteiger partial charge in [-0.2, -0.15) is 0 Å². The molecule has 1 saturated carbocycles. The second-order valence-corrected chi connectivity index (χ2v) is 5.84. The van der Waals surface area contributed by atoms with Crippen LogP contribution in [0.25, 0.3) is 0 Å². The van der Waals surface area contributed by atoms with Crippen molar-refractivity contribution in [3.8, 4) is 11.5 Å². The van der Waals surface area contributed by atoms with Crippen molar-refractivity contribution in [3.63, 3.8) is 0 Å². The van der Waals surface area contributed by atoms with Gasteiger partial charge in [0.1, 0.15) is 6.10 Å². The molecule has 0 bridgehead atoms. The number of carbonyl (C=O) groups is 1. The lowest BCUT2D eigenvalue weighted by Gasteiger charge is -2.26. The van der Waals surface area contributed by atoms with Crippen LogP contribution in [-0.2, 0) is 11.3 Å². The summed E-state index contributed by atoms with van der Waals surface area (Å²) in [6.07, 6.45) is 4.04. The molecule has 1 aliphatic heterocycles. The fraction of sp³-hybridized carbons (Fsp3) is 0.562. The van der Waals surface area contributed by atoms with Gasteiger partial charge < -0.3 is 19.5 Å². The lowest BCUT2D eigenvalue weighted by atomic mass is 9.89. The second-order valence-electron chi connectivity index (χ2n) is 5.84. The maximum atomic E-state index is 11.8. The summed E-state index contributed by atoms with van der Waals surface area (Å²) in [6.45, 7) is 2.89. The molecule has 0 aromatic heterocycles. The van der Waals surface area contributed by atoms with E-state index in [0.29, 0.717) is 12.5 Å². The minimum Gasteiger partial charge on any atom is -0.454 e. The molecule has 2 unspecified atom stereocenters. The van der Waals surface area contributed by atoms with Gasteiger partial charge in [-0.15, -0.1) is 0 Å². The Morgan fingerprint density at radius 2 is 2.19 bits per heavy atom. The highest BCUT2D eigenvalue weighted by Gasteiger charge is 2.22. The fourth-order valence-electron chi connectivity index (χ4n) is 2.90. The normalized spacial score (nSPS) is 23.7. The Kier molecular flexibility index (Phi) is 4.18. The van der Waals surface area contributed by atoms with Gasteiger partial charge in [0.25, 0.3) is 0 Å². The standard InChI is InChI=1S/C16H21NO4/c1-11-3-2-4-13(7-11)21-16(18)17-9-12-5-6-14-15(8-12)20-10-19-14/h5-6,8,11,13H,2-4,7,9-10H2,1H3,(H,17,18). The Balaban J connectivity index is 1.47. The Morgan fingerprint density at radius 3 is 3.05 bits per heavy atom. The molecule has 114 valence electrons. The Bertz CT molecular complexity index is 517. The first-order chi connectivity index (χ1) is 10.2. The van der Waals surface area contributed by atoms with Gasteiger partial charge in [0.2, 0.25) is 6.79 Å². The van der Waals surface area contributed by atoms with Crippen molar-refractivity contribution in [2.45, 2.75) is 45.3 Å². The third-order valence-electron chi connectivity index (χ3n) is 4.04. The smallest absolute Gasteiger partial charge is 0.407 e. The molecule has 0 saturated heterocycles. The Labute approximate surface area is 124 Å². The summed E-state index contributed by atoms with van der Waals surface area (Å²) in [6, 6.07) is 5.65. The molecule has 1 amide bonds. The van der Waals surface area contributed by atoms with Crippen LogP contribution in [0.15, 0.2) is 18.2 Å². The summed E-state index contributed by atoms with van der Waals surface area (Å²) in [7, 11) is 0. The predicted octanol–water partition coefficient (Wildman–Crippen LogP) is 3.22. The van der Waals surface area contributed by atoms with E-state index < -0.39 is 0 Å². The van der Waals surface area contributed by atoms with Crippen molar-refractivity contribution in [2.24, 2.45) is 5.92 Å². The van der Waals surface area contributed by atoms with Gasteiger partial charge in [0, 0.05) is 6.54 Å². The summed E-state index contributed by atoms with van der Waals surface area (Å²) < 4.78 is 16.0. The van der Waals surface area contributed by atoms with Gasteiger partial charge in [-0.25, -0.2) is 4.79 Å². The zero-order valence-corrected chi connectivity index (χ0v) is 12.3.